The molecule has 1 unspecified atom stereocenters. The van der Waals surface area contributed by atoms with E-state index >= 15 is 0 Å². The Balaban J connectivity index is 1.45. The molecule has 0 aliphatic carbocycles. The molecule has 3 aromatic carbocycles. The van der Waals surface area contributed by atoms with E-state index in [9.17, 15) is 9.59 Å². The molecule has 4 rings (SSSR count). The van der Waals surface area contributed by atoms with E-state index in [-0.39, 0.29) is 5.91 Å². The summed E-state index contributed by atoms with van der Waals surface area (Å²) in [5, 5.41) is 3.50. The molecule has 1 heterocycles. The third kappa shape index (κ3) is 4.88. The quantitative estimate of drug-likeness (QED) is 0.491. The number of methoxy groups -OCH3 is 1. The first-order chi connectivity index (χ1) is 15.0. The van der Waals surface area contributed by atoms with Gasteiger partial charge in [-0.2, -0.15) is 0 Å². The van der Waals surface area contributed by atoms with Crippen molar-refractivity contribution in [3.63, 3.8) is 0 Å². The lowest BCUT2D eigenvalue weighted by Crippen LogP contribution is -2.31. The number of nitrogens with one attached hydrogen (secondary N) is 1. The Hall–Kier alpha value is -3.75. The van der Waals surface area contributed by atoms with Gasteiger partial charge in [-0.25, -0.2) is 4.79 Å². The zero-order valence-corrected chi connectivity index (χ0v) is 17.4. The lowest BCUT2D eigenvalue weighted by Gasteiger charge is -2.11. The molecule has 31 heavy (non-hydrogen) atoms. The van der Waals surface area contributed by atoms with Crippen LogP contribution in [-0.4, -0.2) is 25.1 Å². The number of carbonyl (C=O) groups excluding carboxylic acids is 2. The Morgan fingerprint density at radius 3 is 2.55 bits per heavy atom. The van der Waals surface area contributed by atoms with E-state index in [0.29, 0.717) is 34.0 Å². The zero-order valence-electron chi connectivity index (χ0n) is 16.6. The average molecular weight is 432 g/mol. The molecular formula is C25H18ClNO4. The number of esters is 1. The van der Waals surface area contributed by atoms with Crippen molar-refractivity contribution in [3.8, 4) is 17.6 Å². The number of ether oxygens (including phenoxy) is 2. The molecule has 0 aromatic heterocycles. The second kappa shape index (κ2) is 8.95. The Morgan fingerprint density at radius 2 is 1.77 bits per heavy atom. The van der Waals surface area contributed by atoms with Crippen LogP contribution < -0.4 is 10.1 Å². The highest BCUT2D eigenvalue weighted by atomic mass is 35.5. The van der Waals surface area contributed by atoms with E-state index in [4.69, 9.17) is 21.1 Å². The van der Waals surface area contributed by atoms with Gasteiger partial charge in [-0.1, -0.05) is 35.6 Å². The van der Waals surface area contributed by atoms with Crippen LogP contribution in [0.1, 0.15) is 27.0 Å². The first-order valence-corrected chi connectivity index (χ1v) is 9.96. The molecule has 0 radical (unpaired) electrons. The third-order valence-corrected chi connectivity index (χ3v) is 4.99. The standard InChI is InChI=1S/C25H18ClNO4/c1-30-25(29)18-6-2-4-16(12-18)8-9-17-5-3-7-21(13-17)27-24(28)23-15-19-14-20(26)10-11-22(19)31-23/h2-7,10-14,23H,15H2,1H3,(H,27,28). The number of anilines is 1. The number of amides is 1. The van der Waals surface area contributed by atoms with Crippen LogP contribution in [0, 0.1) is 11.8 Å². The molecule has 0 saturated carbocycles. The number of carbonyl (C=O) groups is 2. The molecule has 1 aliphatic heterocycles. The van der Waals surface area contributed by atoms with Crippen LogP contribution in [-0.2, 0) is 16.0 Å². The maximum atomic E-state index is 12.6. The summed E-state index contributed by atoms with van der Waals surface area (Å²) in [5.74, 6) is 6.11. The fourth-order valence-corrected chi connectivity index (χ4v) is 3.44. The molecule has 154 valence electrons. The summed E-state index contributed by atoms with van der Waals surface area (Å²) >= 11 is 6.01. The lowest BCUT2D eigenvalue weighted by molar-refractivity contribution is -0.122. The molecule has 6 heteroatoms. The highest BCUT2D eigenvalue weighted by molar-refractivity contribution is 6.30. The number of hydrogen-bond donors (Lipinski definition) is 1. The molecule has 1 N–H and O–H groups in total. The molecule has 0 fully saturated rings. The van der Waals surface area contributed by atoms with E-state index < -0.39 is 12.1 Å². The highest BCUT2D eigenvalue weighted by Gasteiger charge is 2.29. The molecule has 0 saturated heterocycles. The van der Waals surface area contributed by atoms with Gasteiger partial charge in [0.2, 0.25) is 0 Å². The summed E-state index contributed by atoms with van der Waals surface area (Å²) in [7, 11) is 1.34. The van der Waals surface area contributed by atoms with Crippen molar-refractivity contribution in [3.05, 3.63) is 94.0 Å². The van der Waals surface area contributed by atoms with Crippen molar-refractivity contribution in [2.45, 2.75) is 12.5 Å². The van der Waals surface area contributed by atoms with Gasteiger partial charge in [0.1, 0.15) is 5.75 Å². The molecule has 3 aromatic rings. The van der Waals surface area contributed by atoms with Crippen molar-refractivity contribution in [1.29, 1.82) is 0 Å². The first-order valence-electron chi connectivity index (χ1n) is 9.58. The fourth-order valence-electron chi connectivity index (χ4n) is 3.25. The molecule has 0 spiro atoms. The number of hydrogen-bond acceptors (Lipinski definition) is 4. The Labute approximate surface area is 184 Å². The fraction of sp³-hybridized carbons (Fsp3) is 0.120. The van der Waals surface area contributed by atoms with Gasteiger partial charge in [0.25, 0.3) is 5.91 Å². The molecule has 1 atom stereocenters. The van der Waals surface area contributed by atoms with Crippen LogP contribution >= 0.6 is 11.6 Å². The molecule has 1 amide bonds. The van der Waals surface area contributed by atoms with Crippen LogP contribution in [0.25, 0.3) is 0 Å². The van der Waals surface area contributed by atoms with Gasteiger partial charge < -0.3 is 14.8 Å². The predicted molar refractivity (Wildman–Crippen MR) is 118 cm³/mol. The molecule has 5 nitrogen and oxygen atoms in total. The number of fused-ring (bicyclic) bond motifs is 1. The zero-order chi connectivity index (χ0) is 21.8. The highest BCUT2D eigenvalue weighted by Crippen LogP contribution is 2.31. The van der Waals surface area contributed by atoms with E-state index in [1.165, 1.54) is 7.11 Å². The van der Waals surface area contributed by atoms with Crippen LogP contribution in [0.3, 0.4) is 0 Å². The van der Waals surface area contributed by atoms with E-state index in [2.05, 4.69) is 17.2 Å². The lowest BCUT2D eigenvalue weighted by atomic mass is 10.1. The maximum absolute atomic E-state index is 12.6. The van der Waals surface area contributed by atoms with Crippen LogP contribution in [0.2, 0.25) is 5.02 Å². The van der Waals surface area contributed by atoms with Gasteiger partial charge in [0, 0.05) is 28.3 Å². The van der Waals surface area contributed by atoms with Crippen LogP contribution in [0.4, 0.5) is 5.69 Å². The van der Waals surface area contributed by atoms with Gasteiger partial charge in [0.15, 0.2) is 6.10 Å². The molecule has 1 aliphatic rings. The van der Waals surface area contributed by atoms with Crippen molar-refractivity contribution in [2.75, 3.05) is 12.4 Å². The van der Waals surface area contributed by atoms with Gasteiger partial charge >= 0.3 is 5.97 Å². The summed E-state index contributed by atoms with van der Waals surface area (Å²) in [4.78, 5) is 24.3. The summed E-state index contributed by atoms with van der Waals surface area (Å²) < 4.78 is 10.5. The summed E-state index contributed by atoms with van der Waals surface area (Å²) in [6.45, 7) is 0. The minimum atomic E-state index is -0.607. The predicted octanol–water partition coefficient (Wildman–Crippen LogP) is 4.47. The number of benzene rings is 3. The minimum absolute atomic E-state index is 0.233. The first kappa shape index (κ1) is 20.5. The topological polar surface area (TPSA) is 64.6 Å². The number of rotatable bonds is 3. The second-order valence-corrected chi connectivity index (χ2v) is 7.39. The SMILES string of the molecule is COC(=O)c1cccc(C#Cc2cccc(NC(=O)C3Cc4cc(Cl)ccc4O3)c2)c1. The van der Waals surface area contributed by atoms with Crippen molar-refractivity contribution >= 4 is 29.2 Å². The summed E-state index contributed by atoms with van der Waals surface area (Å²) in [6, 6.07) is 19.5. The third-order valence-electron chi connectivity index (χ3n) is 4.75. The van der Waals surface area contributed by atoms with E-state index in [0.717, 1.165) is 11.1 Å². The van der Waals surface area contributed by atoms with Gasteiger partial charge in [-0.3, -0.25) is 4.79 Å². The average Bonchev–Trinajstić information content (AvgIpc) is 3.21. The summed E-state index contributed by atoms with van der Waals surface area (Å²) in [6.07, 6.45) is -0.137. The second-order valence-electron chi connectivity index (χ2n) is 6.96. The molecule has 0 bridgehead atoms. The smallest absolute Gasteiger partial charge is 0.337 e. The van der Waals surface area contributed by atoms with Gasteiger partial charge in [0.05, 0.1) is 12.7 Å². The van der Waals surface area contributed by atoms with Crippen molar-refractivity contribution in [2.24, 2.45) is 0 Å². The minimum Gasteiger partial charge on any atom is -0.480 e. The van der Waals surface area contributed by atoms with Crippen LogP contribution in [0.5, 0.6) is 5.75 Å². The van der Waals surface area contributed by atoms with Gasteiger partial charge in [-0.15, -0.1) is 0 Å². The van der Waals surface area contributed by atoms with E-state index in [1.54, 1.807) is 42.5 Å². The normalized spacial score (nSPS) is 13.9. The maximum Gasteiger partial charge on any atom is 0.337 e. The van der Waals surface area contributed by atoms with E-state index in [1.807, 2.05) is 24.3 Å². The largest absolute Gasteiger partial charge is 0.480 e. The molecular weight excluding hydrogens is 414 g/mol. The van der Waals surface area contributed by atoms with Gasteiger partial charge in [-0.05, 0) is 60.2 Å². The van der Waals surface area contributed by atoms with Crippen molar-refractivity contribution < 1.29 is 19.1 Å². The van der Waals surface area contributed by atoms with Crippen molar-refractivity contribution in [1.82, 2.24) is 0 Å². The Morgan fingerprint density at radius 1 is 1.03 bits per heavy atom. The van der Waals surface area contributed by atoms with Crippen LogP contribution in [0.15, 0.2) is 66.7 Å². The summed E-state index contributed by atoms with van der Waals surface area (Å²) in [5.41, 5.74) is 3.39. The Bertz CT molecular complexity index is 1230. The number of halogens is 1. The monoisotopic (exact) mass is 431 g/mol. The Kier molecular flexibility index (Phi) is 5.92.